The van der Waals surface area contributed by atoms with Crippen molar-refractivity contribution in [2.24, 2.45) is 0 Å². The summed E-state index contributed by atoms with van der Waals surface area (Å²) in [6.07, 6.45) is 2.41. The van der Waals surface area contributed by atoms with Crippen LogP contribution in [0.3, 0.4) is 0 Å². The number of alkyl halides is 1. The van der Waals surface area contributed by atoms with Crippen molar-refractivity contribution in [3.05, 3.63) is 33.8 Å². The molecular weight excluding hydrogens is 324 g/mol. The molecule has 0 aromatic heterocycles. The van der Waals surface area contributed by atoms with Gasteiger partial charge in [-0.1, -0.05) is 35.3 Å². The first-order valence-corrected chi connectivity index (χ1v) is 8.14. The molecule has 23 heavy (non-hydrogen) atoms. The number of halogens is 3. The minimum absolute atomic E-state index is 0.0676. The summed E-state index contributed by atoms with van der Waals surface area (Å²) < 4.78 is 30.4. The van der Waals surface area contributed by atoms with Crippen molar-refractivity contribution in [1.29, 1.82) is 0 Å². The average Bonchev–Trinajstić information content (AvgIpc) is 2.63. The fraction of sp³-hybridized carbons (Fsp3) is 0.529. The molecule has 124 valence electrons. The molecule has 1 saturated heterocycles. The molecule has 0 N–H and O–H groups in total. The molecule has 3 nitrogen and oxygen atoms in total. The molecule has 1 aromatic rings. The Labute approximate surface area is 138 Å². The van der Waals surface area contributed by atoms with Gasteiger partial charge in [-0.25, -0.2) is 4.39 Å². The maximum Gasteiger partial charge on any atom is 0.301 e. The molecule has 2 fully saturated rings. The third-order valence-corrected chi connectivity index (χ3v) is 5.33. The molecule has 1 saturated carbocycles. The lowest BCUT2D eigenvalue weighted by molar-refractivity contribution is -0.161. The summed E-state index contributed by atoms with van der Waals surface area (Å²) in [7, 11) is 0. The third kappa shape index (κ3) is 2.05. The van der Waals surface area contributed by atoms with Crippen LogP contribution in [-0.2, 0) is 15.3 Å². The fourth-order valence-corrected chi connectivity index (χ4v) is 4.40. The maximum atomic E-state index is 15.7. The number of hydrogen-bond acceptors (Lipinski definition) is 2. The number of amides is 1. The Morgan fingerprint density at radius 2 is 1.61 bits per heavy atom. The van der Waals surface area contributed by atoms with Crippen molar-refractivity contribution >= 4 is 23.3 Å². The van der Waals surface area contributed by atoms with Crippen LogP contribution < -0.4 is 0 Å². The second kappa shape index (κ2) is 5.26. The summed E-state index contributed by atoms with van der Waals surface area (Å²) in [5.74, 6) is -2.37. The molecule has 1 amide bonds. The van der Waals surface area contributed by atoms with E-state index in [9.17, 15) is 14.1 Å². The summed E-state index contributed by atoms with van der Waals surface area (Å²) in [6.45, 7) is 3.15. The Balaban J connectivity index is 2.19. The van der Waals surface area contributed by atoms with Gasteiger partial charge in [0.2, 0.25) is 5.78 Å². The lowest BCUT2D eigenvalue weighted by atomic mass is 9.74. The summed E-state index contributed by atoms with van der Waals surface area (Å²) in [5, 5.41) is 0.247. The van der Waals surface area contributed by atoms with Gasteiger partial charge < -0.3 is 0 Å². The molecule has 2 aliphatic rings. The molecule has 0 radical (unpaired) electrons. The number of Topliss-reactive ketones (excluding diaryl/α,β-unsaturated/α-hetero) is 1. The van der Waals surface area contributed by atoms with Crippen molar-refractivity contribution in [2.45, 2.75) is 57.2 Å². The summed E-state index contributed by atoms with van der Waals surface area (Å²) in [4.78, 5) is 25.3. The van der Waals surface area contributed by atoms with Crippen LogP contribution in [0.1, 0.15) is 48.8 Å². The molecule has 1 aromatic carbocycles. The summed E-state index contributed by atoms with van der Waals surface area (Å²) in [5.41, 5.74) is -3.93. The molecule has 1 atom stereocenters. The molecular formula is C17H18ClF2NO2. The van der Waals surface area contributed by atoms with Gasteiger partial charge in [0, 0.05) is 10.6 Å². The fourth-order valence-electron chi connectivity index (χ4n) is 4.07. The maximum absolute atomic E-state index is 15.7. The van der Waals surface area contributed by atoms with E-state index in [1.54, 1.807) is 13.8 Å². The third-order valence-electron chi connectivity index (χ3n) is 5.11. The lowest BCUT2D eigenvalue weighted by Gasteiger charge is -2.33. The van der Waals surface area contributed by atoms with Gasteiger partial charge in [-0.15, -0.1) is 0 Å². The van der Waals surface area contributed by atoms with Gasteiger partial charge >= 0.3 is 5.91 Å². The normalized spacial score (nSPS) is 27.1. The Morgan fingerprint density at radius 3 is 2.13 bits per heavy atom. The van der Waals surface area contributed by atoms with Crippen LogP contribution in [0.25, 0.3) is 0 Å². The molecule has 1 spiro atoms. The van der Waals surface area contributed by atoms with Gasteiger partial charge in [-0.3, -0.25) is 9.59 Å². The van der Waals surface area contributed by atoms with E-state index in [0.29, 0.717) is 29.0 Å². The highest BCUT2D eigenvalue weighted by Gasteiger charge is 2.70. The van der Waals surface area contributed by atoms with Crippen LogP contribution in [0.2, 0.25) is 5.02 Å². The van der Waals surface area contributed by atoms with E-state index < -0.39 is 22.9 Å². The highest BCUT2D eigenvalue weighted by molar-refractivity contribution is 6.30. The number of nitrogens with zero attached hydrogens (tertiary/aromatic N) is 1. The SMILES string of the molecule is Cc1cc(Cl)cc(C)c1C1(F)C(=O)N(F)C2(CCCCC2)C1=O. The molecule has 1 heterocycles. The molecule has 3 rings (SSSR count). The quantitative estimate of drug-likeness (QED) is 0.569. The number of aryl methyl sites for hydroxylation is 2. The van der Waals surface area contributed by atoms with Crippen LogP contribution in [0.4, 0.5) is 8.87 Å². The number of rotatable bonds is 1. The smallest absolute Gasteiger partial charge is 0.292 e. The van der Waals surface area contributed by atoms with Crippen molar-refractivity contribution < 1.29 is 18.5 Å². The van der Waals surface area contributed by atoms with E-state index in [-0.39, 0.29) is 23.5 Å². The Kier molecular flexibility index (Phi) is 3.75. The first-order valence-electron chi connectivity index (χ1n) is 7.76. The monoisotopic (exact) mass is 341 g/mol. The first-order chi connectivity index (χ1) is 10.7. The lowest BCUT2D eigenvalue weighted by Crippen LogP contribution is -2.48. The standard InChI is InChI=1S/C17H18ClF2NO2/c1-10-8-12(18)9-11(2)13(10)17(19)14(22)16(21(20)15(17)23)6-4-3-5-7-16/h8-9H,3-7H2,1-2H3. The minimum Gasteiger partial charge on any atom is -0.292 e. The predicted octanol–water partition coefficient (Wildman–Crippen LogP) is 4.12. The number of hydrogen-bond donors (Lipinski definition) is 0. The van der Waals surface area contributed by atoms with Gasteiger partial charge in [-0.2, -0.15) is 5.12 Å². The van der Waals surface area contributed by atoms with E-state index in [1.165, 1.54) is 12.1 Å². The topological polar surface area (TPSA) is 37.4 Å². The zero-order valence-electron chi connectivity index (χ0n) is 13.1. The van der Waals surface area contributed by atoms with Gasteiger partial charge in [-0.05, 0) is 49.9 Å². The highest BCUT2D eigenvalue weighted by Crippen LogP contribution is 2.50. The molecule has 1 aliphatic heterocycles. The van der Waals surface area contributed by atoms with Gasteiger partial charge in [0.15, 0.2) is 0 Å². The van der Waals surface area contributed by atoms with E-state index in [4.69, 9.17) is 11.6 Å². The van der Waals surface area contributed by atoms with Crippen LogP contribution in [-0.4, -0.2) is 22.4 Å². The van der Waals surface area contributed by atoms with E-state index in [2.05, 4.69) is 0 Å². The number of carbonyl (C=O) groups excluding carboxylic acids is 2. The Bertz CT molecular complexity index is 677. The number of ketones is 1. The van der Waals surface area contributed by atoms with Crippen molar-refractivity contribution in [3.63, 3.8) is 0 Å². The summed E-state index contributed by atoms with van der Waals surface area (Å²) in [6, 6.07) is 2.97. The Hall–Kier alpha value is -1.49. The van der Waals surface area contributed by atoms with Crippen molar-refractivity contribution in [2.75, 3.05) is 0 Å². The largest absolute Gasteiger partial charge is 0.301 e. The number of carbonyl (C=O) groups is 2. The number of benzene rings is 1. The van der Waals surface area contributed by atoms with Crippen LogP contribution in [0.15, 0.2) is 12.1 Å². The predicted molar refractivity (Wildman–Crippen MR) is 82.5 cm³/mol. The van der Waals surface area contributed by atoms with Gasteiger partial charge in [0.25, 0.3) is 5.67 Å². The molecule has 6 heteroatoms. The van der Waals surface area contributed by atoms with Crippen LogP contribution in [0, 0.1) is 13.8 Å². The second-order valence-corrected chi connectivity index (χ2v) is 7.02. The van der Waals surface area contributed by atoms with Crippen LogP contribution in [0.5, 0.6) is 0 Å². The summed E-state index contributed by atoms with van der Waals surface area (Å²) >= 11 is 5.94. The minimum atomic E-state index is -2.97. The molecule has 1 aliphatic carbocycles. The molecule has 1 unspecified atom stereocenters. The first kappa shape index (κ1) is 16.4. The van der Waals surface area contributed by atoms with E-state index in [0.717, 1.165) is 6.42 Å². The van der Waals surface area contributed by atoms with Crippen molar-refractivity contribution in [3.8, 4) is 0 Å². The zero-order chi connectivity index (χ0) is 17.0. The second-order valence-electron chi connectivity index (χ2n) is 6.58. The van der Waals surface area contributed by atoms with E-state index >= 15 is 4.39 Å². The zero-order valence-corrected chi connectivity index (χ0v) is 13.8. The Morgan fingerprint density at radius 1 is 1.09 bits per heavy atom. The van der Waals surface area contributed by atoms with Crippen LogP contribution >= 0.6 is 11.6 Å². The van der Waals surface area contributed by atoms with Crippen molar-refractivity contribution in [1.82, 2.24) is 5.12 Å². The van der Waals surface area contributed by atoms with E-state index in [1.807, 2.05) is 0 Å². The van der Waals surface area contributed by atoms with Gasteiger partial charge in [0.1, 0.15) is 5.54 Å². The highest BCUT2D eigenvalue weighted by atomic mass is 35.5. The average molecular weight is 342 g/mol. The van der Waals surface area contributed by atoms with Gasteiger partial charge in [0.05, 0.1) is 0 Å². The molecule has 0 bridgehead atoms.